The summed E-state index contributed by atoms with van der Waals surface area (Å²) in [5, 5.41) is 0. The molecule has 2 atom stereocenters. The van der Waals surface area contributed by atoms with E-state index in [1.165, 1.54) is 18.5 Å². The lowest BCUT2D eigenvalue weighted by Gasteiger charge is -2.36. The Labute approximate surface area is 138 Å². The number of nitrogens with zero attached hydrogens (tertiary/aromatic N) is 2. The van der Waals surface area contributed by atoms with Gasteiger partial charge in [0.25, 0.3) is 0 Å². The molecule has 1 aromatic carbocycles. The molecule has 0 aliphatic carbocycles. The van der Waals surface area contributed by atoms with Crippen LogP contribution in [0.2, 0.25) is 0 Å². The normalized spacial score (nSPS) is 20.8. The highest BCUT2D eigenvalue weighted by Crippen LogP contribution is 2.24. The summed E-state index contributed by atoms with van der Waals surface area (Å²) in [5.41, 5.74) is 0.804. The minimum atomic E-state index is -3.55. The van der Waals surface area contributed by atoms with Crippen molar-refractivity contribution in [1.29, 1.82) is 0 Å². The van der Waals surface area contributed by atoms with Crippen LogP contribution in [0.1, 0.15) is 19.8 Å². The molecule has 0 aromatic heterocycles. The van der Waals surface area contributed by atoms with Crippen LogP contribution >= 0.6 is 0 Å². The molecular formula is C16H24N2O4S. The Hall–Kier alpha value is -1.44. The molecule has 0 bridgehead atoms. The SMILES string of the molecule is CO[C@H](C)CS(=O)(=O)N(C)[C@H]1CCCN(c2ccccc2)C1=O. The van der Waals surface area contributed by atoms with Crippen LogP contribution in [0.3, 0.4) is 0 Å². The summed E-state index contributed by atoms with van der Waals surface area (Å²) in [5.74, 6) is -0.298. The van der Waals surface area contributed by atoms with Crippen LogP contribution in [0, 0.1) is 0 Å². The van der Waals surface area contributed by atoms with Crippen molar-refractivity contribution < 1.29 is 17.9 Å². The molecule has 1 fully saturated rings. The smallest absolute Gasteiger partial charge is 0.245 e. The van der Waals surface area contributed by atoms with Crippen LogP contribution in [0.25, 0.3) is 0 Å². The van der Waals surface area contributed by atoms with Crippen molar-refractivity contribution in [3.05, 3.63) is 30.3 Å². The third-order valence-corrected chi connectivity index (χ3v) is 6.23. The van der Waals surface area contributed by atoms with Gasteiger partial charge in [0.05, 0.1) is 11.9 Å². The van der Waals surface area contributed by atoms with Crippen molar-refractivity contribution in [1.82, 2.24) is 4.31 Å². The highest BCUT2D eigenvalue weighted by Gasteiger charge is 2.37. The van der Waals surface area contributed by atoms with Crippen LogP contribution < -0.4 is 4.90 Å². The quantitative estimate of drug-likeness (QED) is 0.787. The second kappa shape index (κ2) is 7.42. The summed E-state index contributed by atoms with van der Waals surface area (Å²) in [6.07, 6.45) is 0.899. The molecule has 0 radical (unpaired) electrons. The molecule has 2 rings (SSSR count). The first kappa shape index (κ1) is 17.9. The second-order valence-corrected chi connectivity index (χ2v) is 7.90. The molecule has 23 heavy (non-hydrogen) atoms. The predicted molar refractivity (Wildman–Crippen MR) is 89.8 cm³/mol. The number of likely N-dealkylation sites (N-methyl/N-ethyl adjacent to an activating group) is 1. The van der Waals surface area contributed by atoms with Crippen molar-refractivity contribution in [3.8, 4) is 0 Å². The summed E-state index contributed by atoms with van der Waals surface area (Å²) in [6.45, 7) is 2.31. The zero-order valence-electron chi connectivity index (χ0n) is 13.8. The lowest BCUT2D eigenvalue weighted by Crippen LogP contribution is -2.53. The molecule has 1 aliphatic rings. The number of hydrogen-bond acceptors (Lipinski definition) is 4. The zero-order valence-corrected chi connectivity index (χ0v) is 14.6. The Bertz CT molecular complexity index is 633. The number of rotatable bonds is 6. The van der Waals surface area contributed by atoms with Gasteiger partial charge in [0.2, 0.25) is 15.9 Å². The van der Waals surface area contributed by atoms with E-state index < -0.39 is 22.2 Å². The molecule has 1 amide bonds. The number of anilines is 1. The van der Waals surface area contributed by atoms with Crippen molar-refractivity contribution in [2.45, 2.75) is 31.9 Å². The van der Waals surface area contributed by atoms with E-state index in [0.717, 1.165) is 12.1 Å². The zero-order chi connectivity index (χ0) is 17.0. The maximum atomic E-state index is 12.8. The number of para-hydroxylation sites is 1. The highest BCUT2D eigenvalue weighted by atomic mass is 32.2. The van der Waals surface area contributed by atoms with Gasteiger partial charge in [0.15, 0.2) is 0 Å². The van der Waals surface area contributed by atoms with Crippen LogP contribution in [0.5, 0.6) is 0 Å². The van der Waals surface area contributed by atoms with E-state index in [-0.39, 0.29) is 11.7 Å². The van der Waals surface area contributed by atoms with Gasteiger partial charge in [-0.05, 0) is 31.9 Å². The third-order valence-electron chi connectivity index (χ3n) is 4.20. The number of benzene rings is 1. The number of ether oxygens (including phenoxy) is 1. The Morgan fingerprint density at radius 3 is 2.61 bits per heavy atom. The molecular weight excluding hydrogens is 316 g/mol. The van der Waals surface area contributed by atoms with Crippen LogP contribution in [-0.4, -0.2) is 57.2 Å². The largest absolute Gasteiger partial charge is 0.381 e. The van der Waals surface area contributed by atoms with E-state index in [0.29, 0.717) is 13.0 Å². The fraction of sp³-hybridized carbons (Fsp3) is 0.562. The maximum Gasteiger partial charge on any atom is 0.245 e. The van der Waals surface area contributed by atoms with E-state index in [9.17, 15) is 13.2 Å². The van der Waals surface area contributed by atoms with Crippen LogP contribution in [0.4, 0.5) is 5.69 Å². The minimum Gasteiger partial charge on any atom is -0.381 e. The molecule has 7 heteroatoms. The first-order valence-corrected chi connectivity index (χ1v) is 9.32. The Morgan fingerprint density at radius 1 is 1.35 bits per heavy atom. The van der Waals surface area contributed by atoms with Gasteiger partial charge in [0, 0.05) is 26.4 Å². The summed E-state index contributed by atoms with van der Waals surface area (Å²) in [6, 6.07) is 8.69. The molecule has 1 heterocycles. The van der Waals surface area contributed by atoms with E-state index in [1.807, 2.05) is 30.3 Å². The first-order chi connectivity index (χ1) is 10.9. The maximum absolute atomic E-state index is 12.8. The number of carbonyl (C=O) groups is 1. The molecule has 0 saturated carbocycles. The highest BCUT2D eigenvalue weighted by molar-refractivity contribution is 7.89. The molecule has 0 unspecified atom stereocenters. The number of hydrogen-bond donors (Lipinski definition) is 0. The van der Waals surface area contributed by atoms with Gasteiger partial charge in [-0.2, -0.15) is 4.31 Å². The van der Waals surface area contributed by atoms with Gasteiger partial charge >= 0.3 is 0 Å². The Kier molecular flexibility index (Phi) is 5.78. The van der Waals surface area contributed by atoms with Crippen LogP contribution in [0.15, 0.2) is 30.3 Å². The minimum absolute atomic E-state index is 0.130. The average molecular weight is 340 g/mol. The molecule has 6 nitrogen and oxygen atoms in total. The number of piperidine rings is 1. The fourth-order valence-corrected chi connectivity index (χ4v) is 4.28. The summed E-state index contributed by atoms with van der Waals surface area (Å²) >= 11 is 0. The fourth-order valence-electron chi connectivity index (χ4n) is 2.73. The van der Waals surface area contributed by atoms with Crippen LogP contribution in [-0.2, 0) is 19.6 Å². The number of carbonyl (C=O) groups excluding carboxylic acids is 1. The van der Waals surface area contributed by atoms with Gasteiger partial charge < -0.3 is 9.64 Å². The average Bonchev–Trinajstić information content (AvgIpc) is 2.54. The lowest BCUT2D eigenvalue weighted by molar-refractivity contribution is -0.123. The van der Waals surface area contributed by atoms with Gasteiger partial charge in [0.1, 0.15) is 6.04 Å². The van der Waals surface area contributed by atoms with E-state index >= 15 is 0 Å². The standard InChI is InChI=1S/C16H24N2O4S/c1-13(22-3)12-23(20,21)17(2)15-10-7-11-18(16(15)19)14-8-5-4-6-9-14/h4-6,8-9,13,15H,7,10-12H2,1-3H3/t13-,15+/m1/s1. The van der Waals surface area contributed by atoms with Gasteiger partial charge in [-0.25, -0.2) is 8.42 Å². The van der Waals surface area contributed by atoms with E-state index in [4.69, 9.17) is 4.74 Å². The number of sulfonamides is 1. The predicted octanol–water partition coefficient (Wildman–Crippen LogP) is 1.48. The van der Waals surface area contributed by atoms with Crippen molar-refractivity contribution in [2.75, 3.05) is 31.4 Å². The molecule has 0 spiro atoms. The Morgan fingerprint density at radius 2 is 2.00 bits per heavy atom. The number of amides is 1. The molecule has 0 N–H and O–H groups in total. The lowest BCUT2D eigenvalue weighted by atomic mass is 10.0. The second-order valence-electron chi connectivity index (χ2n) is 5.82. The van der Waals surface area contributed by atoms with E-state index in [2.05, 4.69) is 0 Å². The third kappa shape index (κ3) is 4.10. The molecule has 1 aromatic rings. The molecule has 1 saturated heterocycles. The molecule has 128 valence electrons. The van der Waals surface area contributed by atoms with Crippen molar-refractivity contribution in [3.63, 3.8) is 0 Å². The van der Waals surface area contributed by atoms with Gasteiger partial charge in [-0.15, -0.1) is 0 Å². The van der Waals surface area contributed by atoms with Gasteiger partial charge in [-0.3, -0.25) is 4.79 Å². The van der Waals surface area contributed by atoms with E-state index in [1.54, 1.807) is 11.8 Å². The summed E-state index contributed by atoms with van der Waals surface area (Å²) in [4.78, 5) is 14.4. The van der Waals surface area contributed by atoms with Gasteiger partial charge in [-0.1, -0.05) is 18.2 Å². The monoisotopic (exact) mass is 340 g/mol. The number of methoxy groups -OCH3 is 1. The van der Waals surface area contributed by atoms with Crippen molar-refractivity contribution in [2.24, 2.45) is 0 Å². The Balaban J connectivity index is 2.17. The molecule has 1 aliphatic heterocycles. The summed E-state index contributed by atoms with van der Waals surface area (Å²) in [7, 11) is -0.593. The van der Waals surface area contributed by atoms with Crippen molar-refractivity contribution >= 4 is 21.6 Å². The summed E-state index contributed by atoms with van der Waals surface area (Å²) < 4.78 is 31.2. The topological polar surface area (TPSA) is 66.9 Å². The first-order valence-electron chi connectivity index (χ1n) is 7.71.